The van der Waals surface area contributed by atoms with Crippen molar-refractivity contribution in [1.82, 2.24) is 0 Å². The lowest BCUT2D eigenvalue weighted by Crippen LogP contribution is -2.03. The zero-order chi connectivity index (χ0) is 18.2. The Hall–Kier alpha value is -3.07. The number of hydrogen-bond donors (Lipinski definition) is 0. The van der Waals surface area contributed by atoms with E-state index in [4.69, 9.17) is 9.47 Å². The summed E-state index contributed by atoms with van der Waals surface area (Å²) < 4.78 is 11.8. The number of Topliss-reactive ketones (excluding diaryl/α,β-unsaturated/α-hetero) is 1. The molecular formula is C23H22O3. The number of ketones is 1. The van der Waals surface area contributed by atoms with Gasteiger partial charge in [-0.2, -0.15) is 0 Å². The van der Waals surface area contributed by atoms with Crippen molar-refractivity contribution < 1.29 is 14.3 Å². The maximum atomic E-state index is 11.6. The van der Waals surface area contributed by atoms with Crippen molar-refractivity contribution >= 4 is 5.78 Å². The Labute approximate surface area is 154 Å². The Morgan fingerprint density at radius 2 is 1.35 bits per heavy atom. The first-order valence-corrected chi connectivity index (χ1v) is 8.66. The minimum absolute atomic E-state index is 0.0924. The maximum absolute atomic E-state index is 11.6. The summed E-state index contributed by atoms with van der Waals surface area (Å²) >= 11 is 0. The van der Waals surface area contributed by atoms with Crippen molar-refractivity contribution in [2.24, 2.45) is 0 Å². The van der Waals surface area contributed by atoms with E-state index in [0.29, 0.717) is 19.6 Å². The van der Waals surface area contributed by atoms with E-state index in [0.717, 1.165) is 28.2 Å². The first-order chi connectivity index (χ1) is 12.7. The number of carbonyl (C=O) groups is 1. The van der Waals surface area contributed by atoms with Crippen LogP contribution in [-0.2, 0) is 24.4 Å². The minimum Gasteiger partial charge on any atom is -0.489 e. The molecule has 0 saturated heterocycles. The highest BCUT2D eigenvalue weighted by Gasteiger charge is 2.09. The van der Waals surface area contributed by atoms with Crippen molar-refractivity contribution in [3.05, 3.63) is 95.6 Å². The van der Waals surface area contributed by atoms with Gasteiger partial charge in [-0.15, -0.1) is 0 Å². The molecule has 0 bridgehead atoms. The largest absolute Gasteiger partial charge is 0.489 e. The van der Waals surface area contributed by atoms with Crippen LogP contribution in [0.25, 0.3) is 0 Å². The van der Waals surface area contributed by atoms with Crippen LogP contribution < -0.4 is 9.47 Å². The summed E-state index contributed by atoms with van der Waals surface area (Å²) in [5.41, 5.74) is 3.04. The molecule has 0 fully saturated rings. The SMILES string of the molecule is CC(=O)Cc1cc(OCc2ccccc2)ccc1OCc1ccccc1. The molecule has 0 aliphatic heterocycles. The topological polar surface area (TPSA) is 35.5 Å². The highest BCUT2D eigenvalue weighted by molar-refractivity contribution is 5.79. The van der Waals surface area contributed by atoms with E-state index in [1.54, 1.807) is 6.92 Å². The molecule has 0 spiro atoms. The molecule has 0 aliphatic carbocycles. The van der Waals surface area contributed by atoms with E-state index in [2.05, 4.69) is 0 Å². The molecule has 0 atom stereocenters. The molecule has 3 aromatic rings. The molecule has 0 amide bonds. The predicted molar refractivity (Wildman–Crippen MR) is 102 cm³/mol. The van der Waals surface area contributed by atoms with Crippen molar-refractivity contribution in [3.63, 3.8) is 0 Å². The van der Waals surface area contributed by atoms with Crippen LogP contribution in [0.1, 0.15) is 23.6 Å². The fourth-order valence-electron chi connectivity index (χ4n) is 2.67. The number of benzene rings is 3. The average molecular weight is 346 g/mol. The number of hydrogen-bond acceptors (Lipinski definition) is 3. The second-order valence-corrected chi connectivity index (χ2v) is 6.20. The molecule has 0 N–H and O–H groups in total. The van der Waals surface area contributed by atoms with Crippen LogP contribution in [0, 0.1) is 0 Å². The summed E-state index contributed by atoms with van der Waals surface area (Å²) in [6.07, 6.45) is 0.326. The van der Waals surface area contributed by atoms with Gasteiger partial charge in [0.15, 0.2) is 0 Å². The maximum Gasteiger partial charge on any atom is 0.134 e. The second-order valence-electron chi connectivity index (χ2n) is 6.20. The fraction of sp³-hybridized carbons (Fsp3) is 0.174. The van der Waals surface area contributed by atoms with Gasteiger partial charge < -0.3 is 9.47 Å². The van der Waals surface area contributed by atoms with Crippen LogP contribution in [0.15, 0.2) is 78.9 Å². The Bertz CT molecular complexity index is 842. The normalized spacial score (nSPS) is 10.3. The zero-order valence-corrected chi connectivity index (χ0v) is 14.9. The number of carbonyl (C=O) groups excluding carboxylic acids is 1. The zero-order valence-electron chi connectivity index (χ0n) is 14.9. The Morgan fingerprint density at radius 1 is 0.769 bits per heavy atom. The molecule has 3 nitrogen and oxygen atoms in total. The quantitative estimate of drug-likeness (QED) is 0.577. The van der Waals surface area contributed by atoms with Crippen LogP contribution in [0.3, 0.4) is 0 Å². The summed E-state index contributed by atoms with van der Waals surface area (Å²) in [6, 6.07) is 25.6. The minimum atomic E-state index is 0.0924. The van der Waals surface area contributed by atoms with Crippen LogP contribution in [-0.4, -0.2) is 5.78 Å². The molecule has 0 unspecified atom stereocenters. The predicted octanol–water partition coefficient (Wildman–Crippen LogP) is 4.98. The van der Waals surface area contributed by atoms with Crippen molar-refractivity contribution in [2.45, 2.75) is 26.6 Å². The third-order valence-electron chi connectivity index (χ3n) is 3.96. The van der Waals surface area contributed by atoms with Crippen LogP contribution >= 0.6 is 0 Å². The molecule has 0 saturated carbocycles. The number of rotatable bonds is 8. The summed E-state index contributed by atoms with van der Waals surface area (Å²) in [5.74, 6) is 1.54. The van der Waals surface area contributed by atoms with Crippen LogP contribution in [0.5, 0.6) is 11.5 Å². The lowest BCUT2D eigenvalue weighted by atomic mass is 10.1. The van der Waals surface area contributed by atoms with Gasteiger partial charge in [0.05, 0.1) is 0 Å². The molecule has 0 heterocycles. The molecule has 26 heavy (non-hydrogen) atoms. The Kier molecular flexibility index (Phi) is 6.05. The van der Waals surface area contributed by atoms with Gasteiger partial charge in [-0.1, -0.05) is 60.7 Å². The fourth-order valence-corrected chi connectivity index (χ4v) is 2.67. The van der Waals surface area contributed by atoms with E-state index in [1.165, 1.54) is 0 Å². The average Bonchev–Trinajstić information content (AvgIpc) is 2.67. The van der Waals surface area contributed by atoms with E-state index in [1.807, 2.05) is 78.9 Å². The van der Waals surface area contributed by atoms with Crippen molar-refractivity contribution in [3.8, 4) is 11.5 Å². The van der Waals surface area contributed by atoms with Crippen molar-refractivity contribution in [1.29, 1.82) is 0 Å². The summed E-state index contributed by atoms with van der Waals surface area (Å²) in [7, 11) is 0. The van der Waals surface area contributed by atoms with Gasteiger partial charge in [0.1, 0.15) is 30.5 Å². The highest BCUT2D eigenvalue weighted by atomic mass is 16.5. The lowest BCUT2D eigenvalue weighted by molar-refractivity contribution is -0.116. The van der Waals surface area contributed by atoms with Gasteiger partial charge >= 0.3 is 0 Å². The first kappa shape index (κ1) is 17.7. The molecule has 0 radical (unpaired) electrons. The molecule has 3 heteroatoms. The monoisotopic (exact) mass is 346 g/mol. The molecule has 0 aliphatic rings. The lowest BCUT2D eigenvalue weighted by Gasteiger charge is -2.13. The van der Waals surface area contributed by atoms with Gasteiger partial charge in [-0.3, -0.25) is 4.79 Å². The summed E-state index contributed by atoms with van der Waals surface area (Å²) in [4.78, 5) is 11.6. The summed E-state index contributed by atoms with van der Waals surface area (Å²) in [5, 5.41) is 0. The van der Waals surface area contributed by atoms with Gasteiger partial charge in [-0.05, 0) is 36.2 Å². The van der Waals surface area contributed by atoms with E-state index in [-0.39, 0.29) is 5.78 Å². The molecular weight excluding hydrogens is 324 g/mol. The van der Waals surface area contributed by atoms with Crippen molar-refractivity contribution in [2.75, 3.05) is 0 Å². The smallest absolute Gasteiger partial charge is 0.134 e. The molecule has 3 rings (SSSR count). The third-order valence-corrected chi connectivity index (χ3v) is 3.96. The third kappa shape index (κ3) is 5.21. The van der Waals surface area contributed by atoms with Gasteiger partial charge in [0.25, 0.3) is 0 Å². The van der Waals surface area contributed by atoms with Gasteiger partial charge in [-0.25, -0.2) is 0 Å². The Balaban J connectivity index is 1.71. The summed E-state index contributed by atoms with van der Waals surface area (Å²) in [6.45, 7) is 2.54. The van der Waals surface area contributed by atoms with Crippen LogP contribution in [0.4, 0.5) is 0 Å². The van der Waals surface area contributed by atoms with Crippen LogP contribution in [0.2, 0.25) is 0 Å². The standard InChI is InChI=1S/C23H22O3/c1-18(24)14-21-15-22(25-16-19-8-4-2-5-9-19)12-13-23(21)26-17-20-10-6-3-7-11-20/h2-13,15H,14,16-17H2,1H3. The molecule has 3 aromatic carbocycles. The molecule has 0 aromatic heterocycles. The van der Waals surface area contributed by atoms with Gasteiger partial charge in [0.2, 0.25) is 0 Å². The van der Waals surface area contributed by atoms with Gasteiger partial charge in [0, 0.05) is 12.0 Å². The Morgan fingerprint density at radius 3 is 1.92 bits per heavy atom. The first-order valence-electron chi connectivity index (χ1n) is 8.66. The van der Waals surface area contributed by atoms with E-state index in [9.17, 15) is 4.79 Å². The second kappa shape index (κ2) is 8.86. The van der Waals surface area contributed by atoms with E-state index >= 15 is 0 Å². The van der Waals surface area contributed by atoms with E-state index < -0.39 is 0 Å². The highest BCUT2D eigenvalue weighted by Crippen LogP contribution is 2.26. The molecule has 132 valence electrons. The number of ether oxygens (including phenoxy) is 2.